The zero-order valence-electron chi connectivity index (χ0n) is 12.6. The van der Waals surface area contributed by atoms with E-state index in [0.717, 1.165) is 11.1 Å². The number of ether oxygens (including phenoxy) is 1. The molecule has 0 atom stereocenters. The lowest BCUT2D eigenvalue weighted by Gasteiger charge is -2.20. The number of nitrogens with zero attached hydrogens (tertiary/aromatic N) is 1. The second-order valence-electron chi connectivity index (χ2n) is 5.19. The first-order chi connectivity index (χ1) is 11.6. The van der Waals surface area contributed by atoms with Gasteiger partial charge in [-0.2, -0.15) is 0 Å². The number of hydrogen-bond acceptors (Lipinski definition) is 3. The number of nitro benzene ring substituents is 1. The SMILES string of the molecule is O=[N+]([O-])c1ccc(Cl)cc1OC(c1ccccc1)c1ccccc1. The van der Waals surface area contributed by atoms with E-state index in [0.29, 0.717) is 5.02 Å². The van der Waals surface area contributed by atoms with Gasteiger partial charge < -0.3 is 4.74 Å². The van der Waals surface area contributed by atoms with Gasteiger partial charge in [0.15, 0.2) is 5.75 Å². The van der Waals surface area contributed by atoms with Crippen LogP contribution in [0.15, 0.2) is 78.9 Å². The predicted octanol–water partition coefficient (Wildman–Crippen LogP) is 5.42. The lowest BCUT2D eigenvalue weighted by molar-refractivity contribution is -0.386. The molecule has 0 saturated carbocycles. The minimum atomic E-state index is -0.474. The standard InChI is InChI=1S/C19H14ClNO3/c20-16-11-12-17(21(22)23)18(13-16)24-19(14-7-3-1-4-8-14)15-9-5-2-6-10-15/h1-13,19H. The summed E-state index contributed by atoms with van der Waals surface area (Å²) < 4.78 is 6.03. The van der Waals surface area contributed by atoms with Crippen LogP contribution in [0.4, 0.5) is 5.69 Å². The molecule has 0 unspecified atom stereocenters. The van der Waals surface area contributed by atoms with E-state index in [9.17, 15) is 10.1 Å². The lowest BCUT2D eigenvalue weighted by Crippen LogP contribution is -2.10. The fourth-order valence-electron chi connectivity index (χ4n) is 2.44. The Morgan fingerprint density at radius 1 is 0.875 bits per heavy atom. The van der Waals surface area contributed by atoms with E-state index in [1.165, 1.54) is 18.2 Å². The van der Waals surface area contributed by atoms with Gasteiger partial charge in [0.05, 0.1) is 4.92 Å². The summed E-state index contributed by atoms with van der Waals surface area (Å²) >= 11 is 5.99. The van der Waals surface area contributed by atoms with E-state index in [-0.39, 0.29) is 11.4 Å². The van der Waals surface area contributed by atoms with Gasteiger partial charge in [-0.15, -0.1) is 0 Å². The highest BCUT2D eigenvalue weighted by atomic mass is 35.5. The number of rotatable bonds is 5. The van der Waals surface area contributed by atoms with E-state index in [2.05, 4.69) is 0 Å². The van der Waals surface area contributed by atoms with Crippen LogP contribution in [-0.4, -0.2) is 4.92 Å². The van der Waals surface area contributed by atoms with Gasteiger partial charge in [0.25, 0.3) is 0 Å². The van der Waals surface area contributed by atoms with Gasteiger partial charge in [-0.1, -0.05) is 72.3 Å². The number of hydrogen-bond donors (Lipinski definition) is 0. The molecule has 0 N–H and O–H groups in total. The smallest absolute Gasteiger partial charge is 0.311 e. The van der Waals surface area contributed by atoms with Crippen molar-refractivity contribution in [1.29, 1.82) is 0 Å². The normalized spacial score (nSPS) is 10.6. The second kappa shape index (κ2) is 7.15. The Hall–Kier alpha value is -2.85. The summed E-state index contributed by atoms with van der Waals surface area (Å²) in [7, 11) is 0. The van der Waals surface area contributed by atoms with Gasteiger partial charge in [0, 0.05) is 17.2 Å². The Balaban J connectivity index is 2.05. The van der Waals surface area contributed by atoms with E-state index < -0.39 is 11.0 Å². The van der Waals surface area contributed by atoms with Crippen molar-refractivity contribution >= 4 is 17.3 Å². The average molecular weight is 340 g/mol. The Morgan fingerprint density at radius 3 is 1.92 bits per heavy atom. The maximum Gasteiger partial charge on any atom is 0.311 e. The Bertz CT molecular complexity index is 798. The lowest BCUT2D eigenvalue weighted by atomic mass is 10.0. The van der Waals surface area contributed by atoms with Crippen LogP contribution in [-0.2, 0) is 0 Å². The highest BCUT2D eigenvalue weighted by Crippen LogP contribution is 2.35. The van der Waals surface area contributed by atoms with Crippen LogP contribution in [0.25, 0.3) is 0 Å². The Labute approximate surface area is 144 Å². The van der Waals surface area contributed by atoms with Crippen LogP contribution >= 0.6 is 11.6 Å². The Morgan fingerprint density at radius 2 is 1.42 bits per heavy atom. The van der Waals surface area contributed by atoms with Gasteiger partial charge in [0.1, 0.15) is 6.10 Å². The average Bonchev–Trinajstić information content (AvgIpc) is 2.61. The maximum absolute atomic E-state index is 11.3. The van der Waals surface area contributed by atoms with Gasteiger partial charge in [0.2, 0.25) is 0 Å². The van der Waals surface area contributed by atoms with Gasteiger partial charge in [-0.3, -0.25) is 10.1 Å². The topological polar surface area (TPSA) is 52.4 Å². The number of halogens is 1. The van der Waals surface area contributed by atoms with E-state index in [4.69, 9.17) is 16.3 Å². The van der Waals surface area contributed by atoms with Crippen molar-refractivity contribution in [2.45, 2.75) is 6.10 Å². The van der Waals surface area contributed by atoms with Crippen molar-refractivity contribution in [1.82, 2.24) is 0 Å². The molecular formula is C19H14ClNO3. The molecular weight excluding hydrogens is 326 g/mol. The number of benzene rings is 3. The zero-order valence-corrected chi connectivity index (χ0v) is 13.4. The highest BCUT2D eigenvalue weighted by Gasteiger charge is 2.22. The molecule has 24 heavy (non-hydrogen) atoms. The summed E-state index contributed by atoms with van der Waals surface area (Å²) in [4.78, 5) is 10.8. The molecule has 0 saturated heterocycles. The molecule has 120 valence electrons. The molecule has 3 aromatic carbocycles. The van der Waals surface area contributed by atoms with Crippen molar-refractivity contribution in [2.75, 3.05) is 0 Å². The highest BCUT2D eigenvalue weighted by molar-refractivity contribution is 6.30. The second-order valence-corrected chi connectivity index (χ2v) is 5.62. The fourth-order valence-corrected chi connectivity index (χ4v) is 2.61. The van der Waals surface area contributed by atoms with E-state index >= 15 is 0 Å². The molecule has 5 heteroatoms. The zero-order chi connectivity index (χ0) is 16.9. The van der Waals surface area contributed by atoms with E-state index in [1.54, 1.807) is 0 Å². The molecule has 4 nitrogen and oxygen atoms in total. The molecule has 0 radical (unpaired) electrons. The predicted molar refractivity (Wildman–Crippen MR) is 93.5 cm³/mol. The van der Waals surface area contributed by atoms with E-state index in [1.807, 2.05) is 60.7 Å². The molecule has 0 heterocycles. The van der Waals surface area contributed by atoms with Crippen molar-refractivity contribution in [3.8, 4) is 5.75 Å². The molecule has 3 rings (SSSR count). The van der Waals surface area contributed by atoms with Crippen LogP contribution in [0.1, 0.15) is 17.2 Å². The minimum Gasteiger partial charge on any atom is -0.474 e. The maximum atomic E-state index is 11.3. The third kappa shape index (κ3) is 3.55. The molecule has 0 amide bonds. The summed E-state index contributed by atoms with van der Waals surface area (Å²) in [5, 5.41) is 11.7. The molecule has 3 aromatic rings. The fraction of sp³-hybridized carbons (Fsp3) is 0.0526. The molecule has 0 bridgehead atoms. The monoisotopic (exact) mass is 339 g/mol. The molecule has 0 aliphatic rings. The van der Waals surface area contributed by atoms with Crippen molar-refractivity contribution in [2.24, 2.45) is 0 Å². The Kier molecular flexibility index (Phi) is 4.77. The third-order valence-corrected chi connectivity index (χ3v) is 3.80. The molecule has 0 spiro atoms. The first-order valence-electron chi connectivity index (χ1n) is 7.35. The molecule has 0 aromatic heterocycles. The largest absolute Gasteiger partial charge is 0.474 e. The molecule has 0 aliphatic carbocycles. The molecule has 0 fully saturated rings. The van der Waals surface area contributed by atoms with Gasteiger partial charge in [-0.25, -0.2) is 0 Å². The first-order valence-corrected chi connectivity index (χ1v) is 7.73. The van der Waals surface area contributed by atoms with Crippen LogP contribution in [0.3, 0.4) is 0 Å². The molecule has 0 aliphatic heterocycles. The third-order valence-electron chi connectivity index (χ3n) is 3.57. The van der Waals surface area contributed by atoms with Crippen molar-refractivity contribution < 1.29 is 9.66 Å². The van der Waals surface area contributed by atoms with Crippen LogP contribution in [0.5, 0.6) is 5.75 Å². The van der Waals surface area contributed by atoms with Gasteiger partial charge >= 0.3 is 5.69 Å². The van der Waals surface area contributed by atoms with Crippen LogP contribution in [0, 0.1) is 10.1 Å². The summed E-state index contributed by atoms with van der Waals surface area (Å²) in [5.41, 5.74) is 1.69. The summed E-state index contributed by atoms with van der Waals surface area (Å²) in [6.45, 7) is 0. The van der Waals surface area contributed by atoms with Crippen LogP contribution in [0.2, 0.25) is 5.02 Å². The summed E-state index contributed by atoms with van der Waals surface area (Å²) in [5.74, 6) is 0.144. The quantitative estimate of drug-likeness (QED) is 0.461. The van der Waals surface area contributed by atoms with Crippen LogP contribution < -0.4 is 4.74 Å². The summed E-state index contributed by atoms with van der Waals surface area (Å²) in [6.07, 6.45) is -0.468. The number of nitro groups is 1. The minimum absolute atomic E-state index is 0.115. The van der Waals surface area contributed by atoms with Crippen molar-refractivity contribution in [3.63, 3.8) is 0 Å². The van der Waals surface area contributed by atoms with Crippen molar-refractivity contribution in [3.05, 3.63) is 105 Å². The summed E-state index contributed by atoms with van der Waals surface area (Å²) in [6, 6.07) is 23.4. The van der Waals surface area contributed by atoms with Gasteiger partial charge in [-0.05, 0) is 17.2 Å². The first kappa shape index (κ1) is 16.0.